The van der Waals surface area contributed by atoms with E-state index < -0.39 is 12.0 Å². The Labute approximate surface area is 114 Å². The molecule has 0 saturated carbocycles. The molecular weight excluding hydrogens is 263 g/mol. The van der Waals surface area contributed by atoms with E-state index in [1.54, 1.807) is 23.0 Å². The molecule has 1 aliphatic heterocycles. The molecule has 1 aromatic carbocycles. The van der Waals surface area contributed by atoms with Crippen LogP contribution in [0, 0.1) is 5.82 Å². The molecule has 1 saturated heterocycles. The second-order valence-corrected chi connectivity index (χ2v) is 4.78. The van der Waals surface area contributed by atoms with E-state index in [1.807, 2.05) is 0 Å². The average molecular weight is 276 g/mol. The molecule has 0 amide bonds. The quantitative estimate of drug-likeness (QED) is 0.876. The van der Waals surface area contributed by atoms with Crippen molar-refractivity contribution in [1.29, 1.82) is 0 Å². The average Bonchev–Trinajstić information content (AvgIpc) is 3.08. The minimum absolute atomic E-state index is 0.0298. The zero-order valence-electron chi connectivity index (χ0n) is 10.5. The summed E-state index contributed by atoms with van der Waals surface area (Å²) in [7, 11) is 0. The van der Waals surface area contributed by atoms with Crippen LogP contribution in [0.1, 0.15) is 12.5 Å². The number of aromatic nitrogens is 3. The molecule has 0 bridgehead atoms. The molecule has 104 valence electrons. The maximum Gasteiger partial charge on any atom is 0.320 e. The molecule has 0 spiro atoms. The zero-order chi connectivity index (χ0) is 14.1. The maximum absolute atomic E-state index is 12.9. The highest BCUT2D eigenvalue weighted by molar-refractivity contribution is 5.73. The lowest BCUT2D eigenvalue weighted by molar-refractivity contribution is -0.139. The summed E-state index contributed by atoms with van der Waals surface area (Å²) in [6.07, 6.45) is 2.23. The Bertz CT molecular complexity index is 626. The molecule has 3 rings (SSSR count). The van der Waals surface area contributed by atoms with Crippen LogP contribution in [-0.4, -0.2) is 38.7 Å². The van der Waals surface area contributed by atoms with Crippen LogP contribution in [0.5, 0.6) is 0 Å². The van der Waals surface area contributed by atoms with Crippen molar-refractivity contribution < 1.29 is 14.3 Å². The lowest BCUT2D eigenvalue weighted by Gasteiger charge is -2.06. The number of carboxylic acids is 1. The third-order valence-electron chi connectivity index (χ3n) is 3.43. The summed E-state index contributed by atoms with van der Waals surface area (Å²) in [6.45, 7) is 0.545. The molecule has 20 heavy (non-hydrogen) atoms. The van der Waals surface area contributed by atoms with E-state index in [2.05, 4.69) is 15.6 Å². The van der Waals surface area contributed by atoms with Gasteiger partial charge in [-0.2, -0.15) is 0 Å². The van der Waals surface area contributed by atoms with E-state index in [4.69, 9.17) is 5.11 Å². The lowest BCUT2D eigenvalue weighted by Crippen LogP contribution is -2.29. The number of aliphatic carboxylic acids is 1. The van der Waals surface area contributed by atoms with Gasteiger partial charge in [0, 0.05) is 12.1 Å². The second kappa shape index (κ2) is 5.01. The third kappa shape index (κ3) is 2.39. The number of nitrogens with zero attached hydrogens (tertiary/aromatic N) is 3. The smallest absolute Gasteiger partial charge is 0.320 e. The van der Waals surface area contributed by atoms with E-state index in [1.165, 1.54) is 12.1 Å². The summed E-state index contributed by atoms with van der Waals surface area (Å²) < 4.78 is 14.5. The number of benzene rings is 1. The van der Waals surface area contributed by atoms with Crippen LogP contribution in [0.2, 0.25) is 0 Å². The summed E-state index contributed by atoms with van der Waals surface area (Å²) in [5, 5.41) is 19.9. The largest absolute Gasteiger partial charge is 0.480 e. The van der Waals surface area contributed by atoms with Crippen LogP contribution in [0.25, 0.3) is 11.3 Å². The first-order valence-corrected chi connectivity index (χ1v) is 6.27. The number of carboxylic acid groups (broad SMARTS) is 1. The van der Waals surface area contributed by atoms with Gasteiger partial charge >= 0.3 is 5.97 Å². The molecule has 1 aromatic heterocycles. The number of carbonyl (C=O) groups is 1. The highest BCUT2D eigenvalue weighted by Crippen LogP contribution is 2.22. The molecule has 2 heterocycles. The molecule has 2 aromatic rings. The normalized spacial score (nSPS) is 22.1. The standard InChI is InChI=1S/C13H13FN4O2/c14-9-3-1-8(2-4-9)12-7-18(17-16-12)10-5-11(13(19)20)15-6-10/h1-4,7,10-11,15H,5-6H2,(H,19,20). The van der Waals surface area contributed by atoms with Crippen LogP contribution in [0.3, 0.4) is 0 Å². The summed E-state index contributed by atoms with van der Waals surface area (Å²) >= 11 is 0. The Morgan fingerprint density at radius 3 is 2.80 bits per heavy atom. The van der Waals surface area contributed by atoms with Crippen LogP contribution < -0.4 is 5.32 Å². The number of halogens is 1. The molecule has 1 aliphatic rings. The van der Waals surface area contributed by atoms with Gasteiger partial charge in [0.25, 0.3) is 0 Å². The first-order chi connectivity index (χ1) is 9.63. The van der Waals surface area contributed by atoms with Gasteiger partial charge in [-0.05, 0) is 30.7 Å². The van der Waals surface area contributed by atoms with Crippen LogP contribution in [-0.2, 0) is 4.79 Å². The van der Waals surface area contributed by atoms with Gasteiger partial charge in [-0.15, -0.1) is 5.10 Å². The Balaban J connectivity index is 1.77. The SMILES string of the molecule is O=C(O)C1CC(n2cc(-c3ccc(F)cc3)nn2)CN1. The first kappa shape index (κ1) is 12.7. The van der Waals surface area contributed by atoms with Crippen LogP contribution in [0.4, 0.5) is 4.39 Å². The van der Waals surface area contributed by atoms with Crippen molar-refractivity contribution in [2.75, 3.05) is 6.54 Å². The molecule has 1 fully saturated rings. The number of hydrogen-bond donors (Lipinski definition) is 2. The second-order valence-electron chi connectivity index (χ2n) is 4.78. The Morgan fingerprint density at radius 1 is 1.40 bits per heavy atom. The van der Waals surface area contributed by atoms with Gasteiger partial charge in [-0.25, -0.2) is 9.07 Å². The van der Waals surface area contributed by atoms with Crippen molar-refractivity contribution in [2.24, 2.45) is 0 Å². The summed E-state index contributed by atoms with van der Waals surface area (Å²) in [5.74, 6) is -1.16. The Morgan fingerprint density at radius 2 is 2.15 bits per heavy atom. The highest BCUT2D eigenvalue weighted by atomic mass is 19.1. The highest BCUT2D eigenvalue weighted by Gasteiger charge is 2.30. The first-order valence-electron chi connectivity index (χ1n) is 6.27. The summed E-state index contributed by atoms with van der Waals surface area (Å²) in [5.41, 5.74) is 1.42. The number of nitrogens with one attached hydrogen (secondary N) is 1. The van der Waals surface area contributed by atoms with Gasteiger partial charge < -0.3 is 10.4 Å². The number of rotatable bonds is 3. The Hall–Kier alpha value is -2.28. The van der Waals surface area contributed by atoms with E-state index in [0.29, 0.717) is 18.7 Å². The van der Waals surface area contributed by atoms with Crippen LogP contribution in [0.15, 0.2) is 30.5 Å². The molecule has 7 heteroatoms. The van der Waals surface area contributed by atoms with Gasteiger partial charge in [-0.3, -0.25) is 4.79 Å². The van der Waals surface area contributed by atoms with E-state index >= 15 is 0 Å². The maximum atomic E-state index is 12.9. The molecule has 0 aliphatic carbocycles. The zero-order valence-corrected chi connectivity index (χ0v) is 10.5. The fourth-order valence-electron chi connectivity index (χ4n) is 2.31. The molecular formula is C13H13FN4O2. The van der Waals surface area contributed by atoms with Crippen molar-refractivity contribution >= 4 is 5.97 Å². The minimum atomic E-state index is -0.855. The van der Waals surface area contributed by atoms with Crippen molar-refractivity contribution in [2.45, 2.75) is 18.5 Å². The molecule has 2 unspecified atom stereocenters. The summed E-state index contributed by atoms with van der Waals surface area (Å²) in [4.78, 5) is 10.9. The van der Waals surface area contributed by atoms with E-state index in [-0.39, 0.29) is 11.9 Å². The van der Waals surface area contributed by atoms with E-state index in [9.17, 15) is 9.18 Å². The lowest BCUT2D eigenvalue weighted by atomic mass is 10.1. The van der Waals surface area contributed by atoms with Gasteiger partial charge in [0.05, 0.1) is 12.2 Å². The fourth-order valence-corrected chi connectivity index (χ4v) is 2.31. The molecule has 6 nitrogen and oxygen atoms in total. The monoisotopic (exact) mass is 276 g/mol. The van der Waals surface area contributed by atoms with Crippen molar-refractivity contribution in [1.82, 2.24) is 20.3 Å². The predicted octanol–water partition coefficient (Wildman–Crippen LogP) is 1.07. The van der Waals surface area contributed by atoms with Crippen molar-refractivity contribution in [3.8, 4) is 11.3 Å². The fraction of sp³-hybridized carbons (Fsp3) is 0.308. The minimum Gasteiger partial charge on any atom is -0.480 e. The van der Waals surface area contributed by atoms with Gasteiger partial charge in [0.1, 0.15) is 17.6 Å². The predicted molar refractivity (Wildman–Crippen MR) is 68.5 cm³/mol. The van der Waals surface area contributed by atoms with E-state index in [0.717, 1.165) is 5.56 Å². The van der Waals surface area contributed by atoms with Crippen molar-refractivity contribution in [3.05, 3.63) is 36.3 Å². The van der Waals surface area contributed by atoms with Crippen LogP contribution >= 0.6 is 0 Å². The third-order valence-corrected chi connectivity index (χ3v) is 3.43. The molecule has 2 atom stereocenters. The summed E-state index contributed by atoms with van der Waals surface area (Å²) in [6, 6.07) is 5.43. The Kier molecular flexibility index (Phi) is 3.19. The van der Waals surface area contributed by atoms with Gasteiger partial charge in [-0.1, -0.05) is 5.21 Å². The molecule has 0 radical (unpaired) electrons. The molecule has 2 N–H and O–H groups in total. The van der Waals surface area contributed by atoms with Crippen molar-refractivity contribution in [3.63, 3.8) is 0 Å². The van der Waals surface area contributed by atoms with Gasteiger partial charge in [0.2, 0.25) is 0 Å². The van der Waals surface area contributed by atoms with Gasteiger partial charge in [0.15, 0.2) is 0 Å². The topological polar surface area (TPSA) is 80.0 Å². The number of hydrogen-bond acceptors (Lipinski definition) is 4.